The predicted molar refractivity (Wildman–Crippen MR) is 110 cm³/mol. The molecule has 9 N–H and O–H groups in total. The summed E-state index contributed by atoms with van der Waals surface area (Å²) in [5.41, 5.74) is 9.46. The van der Waals surface area contributed by atoms with Crippen molar-refractivity contribution in [1.29, 1.82) is 0 Å². The first-order valence-corrected chi connectivity index (χ1v) is 13.3. The van der Waals surface area contributed by atoms with Crippen LogP contribution >= 0.6 is 23.5 Å². The number of ether oxygens (including phenoxy) is 1. The Kier molecular flexibility index (Phi) is 7.00. The molecule has 0 bridgehead atoms. The van der Waals surface area contributed by atoms with Gasteiger partial charge in [-0.15, -0.1) is 0 Å². The Morgan fingerprint density at radius 1 is 1.26 bits per heavy atom. The Labute approximate surface area is 197 Å². The number of fused-ring (bicyclic) bond motifs is 1. The molecule has 0 amide bonds. The number of nitrogen functional groups attached to an aromatic ring is 1. The van der Waals surface area contributed by atoms with Crippen molar-refractivity contribution in [3.8, 4) is 11.8 Å². The molecule has 6 atom stereocenters. The molecular formula is C13H18FN6O12P3. The van der Waals surface area contributed by atoms with Gasteiger partial charge in [0.15, 0.2) is 17.4 Å². The van der Waals surface area contributed by atoms with E-state index >= 15 is 0 Å². The highest BCUT2D eigenvalue weighted by molar-refractivity contribution is 7.66. The van der Waals surface area contributed by atoms with Crippen LogP contribution in [0.15, 0.2) is 12.5 Å². The topological polar surface area (TPSA) is 285 Å². The standard InChI is InChI=1S/C13H18FN6O12P3/c14-3-1-2-13(16)9(21)8(5-29-34(25,26)32-35(27,28)31-33(22,23)24)30-11(13)20-6-18-7-4-17-12(15)19-10(7)20/h4,6,8-9,11,21H,3,5,16H2,(H,25,26)(H,27,28)(H2,15,17,19)(H2,22,23,24)/t8-,9+,11-,13?/m1/s1/i5D2. The minimum Gasteiger partial charge on any atom is -0.387 e. The van der Waals surface area contributed by atoms with Crippen LogP contribution in [0.5, 0.6) is 0 Å². The highest BCUT2D eigenvalue weighted by atomic mass is 31.3. The molecule has 3 rings (SSSR count). The van der Waals surface area contributed by atoms with E-state index in [-0.39, 0.29) is 17.1 Å². The predicted octanol–water partition coefficient (Wildman–Crippen LogP) is -1.32. The third kappa shape index (κ3) is 6.47. The molecule has 3 unspecified atom stereocenters. The van der Waals surface area contributed by atoms with Gasteiger partial charge in [-0.05, 0) is 0 Å². The fraction of sp³-hybridized carbons (Fsp3) is 0.462. The molecule has 0 radical (unpaired) electrons. The van der Waals surface area contributed by atoms with Crippen molar-refractivity contribution in [2.75, 3.05) is 19.0 Å². The number of imidazole rings is 1. The van der Waals surface area contributed by atoms with E-state index in [1.54, 1.807) is 0 Å². The number of hydrogen-bond donors (Lipinski definition) is 7. The van der Waals surface area contributed by atoms with Gasteiger partial charge in [0.05, 0.1) is 21.8 Å². The lowest BCUT2D eigenvalue weighted by molar-refractivity contribution is -0.0438. The molecule has 22 heteroatoms. The number of nitrogens with two attached hydrogens (primary N) is 2. The Balaban J connectivity index is 1.97. The molecule has 1 fully saturated rings. The second-order valence-electron chi connectivity index (χ2n) is 6.61. The van der Waals surface area contributed by atoms with Gasteiger partial charge in [-0.2, -0.15) is 13.6 Å². The van der Waals surface area contributed by atoms with E-state index < -0.39 is 60.7 Å². The second kappa shape index (κ2) is 9.88. The molecular weight excluding hydrogens is 544 g/mol. The first-order chi connectivity index (χ1) is 16.8. The minimum absolute atomic E-state index is 0.0457. The summed E-state index contributed by atoms with van der Waals surface area (Å²) < 4.78 is 81.0. The van der Waals surface area contributed by atoms with E-state index in [0.29, 0.717) is 0 Å². The summed E-state index contributed by atoms with van der Waals surface area (Å²) in [6.45, 7) is -4.86. The van der Waals surface area contributed by atoms with Crippen LogP contribution in [0, 0.1) is 11.8 Å². The first kappa shape index (κ1) is 24.8. The monoisotopic (exact) mass is 564 g/mol. The molecule has 2 aromatic rings. The average molecular weight is 564 g/mol. The van der Waals surface area contributed by atoms with Crippen LogP contribution in [0.2, 0.25) is 0 Å². The van der Waals surface area contributed by atoms with E-state index in [4.69, 9.17) is 28.7 Å². The Morgan fingerprint density at radius 2 is 1.94 bits per heavy atom. The zero-order valence-electron chi connectivity index (χ0n) is 18.9. The number of rotatable bonds is 8. The van der Waals surface area contributed by atoms with Gasteiger partial charge in [0.1, 0.15) is 24.4 Å². The normalized spacial score (nSPS) is 29.5. The van der Waals surface area contributed by atoms with Gasteiger partial charge in [-0.25, -0.2) is 28.1 Å². The van der Waals surface area contributed by atoms with Gasteiger partial charge < -0.3 is 40.9 Å². The van der Waals surface area contributed by atoms with Crippen molar-refractivity contribution in [2.45, 2.75) is 24.0 Å². The molecule has 1 aliphatic heterocycles. The fourth-order valence-corrected chi connectivity index (χ4v) is 5.74. The highest BCUT2D eigenvalue weighted by Gasteiger charge is 2.55. The summed E-state index contributed by atoms with van der Waals surface area (Å²) in [6, 6.07) is 0. The highest BCUT2D eigenvalue weighted by Crippen LogP contribution is 2.66. The third-order valence-corrected chi connectivity index (χ3v) is 7.78. The van der Waals surface area contributed by atoms with Crippen molar-refractivity contribution in [3.05, 3.63) is 12.5 Å². The smallest absolute Gasteiger partial charge is 0.387 e. The number of aromatic nitrogens is 4. The van der Waals surface area contributed by atoms with Crippen LogP contribution in [0.3, 0.4) is 0 Å². The van der Waals surface area contributed by atoms with Gasteiger partial charge in [0, 0.05) is 0 Å². The maximum absolute atomic E-state index is 12.8. The van der Waals surface area contributed by atoms with E-state index in [0.717, 1.165) is 10.9 Å². The van der Waals surface area contributed by atoms with Crippen LogP contribution in [-0.4, -0.2) is 75.2 Å². The summed E-state index contributed by atoms with van der Waals surface area (Å²) in [5, 5.41) is 10.8. The number of hydrogen-bond acceptors (Lipinski definition) is 13. The molecule has 2 aromatic heterocycles. The van der Waals surface area contributed by atoms with Crippen LogP contribution in [0.25, 0.3) is 11.2 Å². The van der Waals surface area contributed by atoms with Gasteiger partial charge in [-0.1, -0.05) is 11.8 Å². The van der Waals surface area contributed by atoms with Crippen molar-refractivity contribution < 1.29 is 63.4 Å². The SMILES string of the molecule is [2H]C([2H])(OP(=O)(O)OP(=O)(O)OP(=O)(O)O)[C@H]1O[C@@H](n2cnc3cnc(N)nc32)C(N)(C#CCF)[C@H]1O. The summed E-state index contributed by atoms with van der Waals surface area (Å²) >= 11 is 0. The number of aliphatic hydroxyl groups is 1. The quantitative estimate of drug-likeness (QED) is 0.144. The van der Waals surface area contributed by atoms with Crippen LogP contribution in [0.1, 0.15) is 8.97 Å². The third-order valence-electron chi connectivity index (χ3n) is 4.12. The number of halogens is 1. The zero-order valence-corrected chi connectivity index (χ0v) is 19.5. The fourth-order valence-electron chi connectivity index (χ4n) is 2.86. The van der Waals surface area contributed by atoms with Gasteiger partial charge in [0.2, 0.25) is 5.95 Å². The number of anilines is 1. The number of alkyl halides is 1. The number of nitrogens with zero attached hydrogens (tertiary/aromatic N) is 4. The van der Waals surface area contributed by atoms with Crippen molar-refractivity contribution in [3.63, 3.8) is 0 Å². The number of phosphoric acid groups is 3. The van der Waals surface area contributed by atoms with Gasteiger partial charge in [0.25, 0.3) is 0 Å². The molecule has 1 aliphatic rings. The maximum Gasteiger partial charge on any atom is 0.490 e. The number of phosphoric ester groups is 1. The van der Waals surface area contributed by atoms with Gasteiger partial charge in [-0.3, -0.25) is 9.09 Å². The molecule has 0 saturated carbocycles. The Hall–Kier alpha value is -1.87. The molecule has 3 heterocycles. The molecule has 0 aromatic carbocycles. The average Bonchev–Trinajstić information content (AvgIpc) is 3.21. The van der Waals surface area contributed by atoms with Crippen LogP contribution in [0.4, 0.5) is 10.3 Å². The molecule has 194 valence electrons. The molecule has 0 aliphatic carbocycles. The van der Waals surface area contributed by atoms with Crippen LogP contribution < -0.4 is 11.5 Å². The Bertz CT molecular complexity index is 1400. The van der Waals surface area contributed by atoms with Crippen LogP contribution in [-0.2, 0) is 31.6 Å². The molecule has 18 nitrogen and oxygen atoms in total. The van der Waals surface area contributed by atoms with Gasteiger partial charge >= 0.3 is 23.5 Å². The summed E-state index contributed by atoms with van der Waals surface area (Å²) in [7, 11) is -17.7. The molecule has 0 spiro atoms. The van der Waals surface area contributed by atoms with Crippen molar-refractivity contribution in [1.82, 2.24) is 19.5 Å². The van der Waals surface area contributed by atoms with Crippen molar-refractivity contribution in [2.24, 2.45) is 5.73 Å². The molecule has 1 saturated heterocycles. The lowest BCUT2D eigenvalue weighted by Crippen LogP contribution is -2.53. The largest absolute Gasteiger partial charge is 0.490 e. The van der Waals surface area contributed by atoms with E-state index in [9.17, 15) is 33.0 Å². The maximum atomic E-state index is 12.8. The lowest BCUT2D eigenvalue weighted by atomic mass is 9.91. The summed E-state index contributed by atoms with van der Waals surface area (Å²) in [6.07, 6.45) is -4.04. The van der Waals surface area contributed by atoms with E-state index in [2.05, 4.69) is 34.0 Å². The minimum atomic E-state index is -6.03. The Morgan fingerprint density at radius 3 is 2.57 bits per heavy atom. The summed E-state index contributed by atoms with van der Waals surface area (Å²) in [5.74, 6) is 3.91. The summed E-state index contributed by atoms with van der Waals surface area (Å²) in [4.78, 5) is 47.8. The van der Waals surface area contributed by atoms with E-state index in [1.807, 2.05) is 5.92 Å². The lowest BCUT2D eigenvalue weighted by Gasteiger charge is -2.27. The number of aliphatic hydroxyl groups excluding tert-OH is 1. The zero-order chi connectivity index (χ0) is 28.0. The first-order valence-electron chi connectivity index (χ1n) is 9.78. The second-order valence-corrected chi connectivity index (χ2v) is 11.0. The molecule has 35 heavy (non-hydrogen) atoms. The van der Waals surface area contributed by atoms with E-state index in [1.165, 1.54) is 6.20 Å². The van der Waals surface area contributed by atoms with Crippen molar-refractivity contribution >= 4 is 40.6 Å².